The van der Waals surface area contributed by atoms with E-state index in [0.29, 0.717) is 0 Å². The molecule has 1 saturated carbocycles. The highest BCUT2D eigenvalue weighted by Gasteiger charge is 2.22. The van der Waals surface area contributed by atoms with Crippen molar-refractivity contribution < 1.29 is 5.11 Å². The number of anilines is 1. The molecule has 2 heterocycles. The van der Waals surface area contributed by atoms with Crippen LogP contribution in [0.2, 0.25) is 0 Å². The van der Waals surface area contributed by atoms with Gasteiger partial charge in [0.25, 0.3) is 0 Å². The van der Waals surface area contributed by atoms with Crippen molar-refractivity contribution in [2.45, 2.75) is 51.2 Å². The van der Waals surface area contributed by atoms with E-state index in [1.807, 2.05) is 0 Å². The van der Waals surface area contributed by atoms with E-state index in [1.54, 1.807) is 17.7 Å². The molecule has 3 rings (SSSR count). The normalized spacial score (nSPS) is 24.3. The third-order valence-corrected chi connectivity index (χ3v) is 4.93. The molecule has 0 bridgehead atoms. The Hall–Kier alpha value is -1.20. The lowest BCUT2D eigenvalue weighted by atomic mass is 10.1. The standard InChI is InChI=1S/C14H19N3OS/c1-9-7-19-13-12(9)15-8-16-14(13)17-10-5-3-2-4-6-11(10)18/h7-8,10-11,18H,2-6H2,1H3,(H,15,16,17). The summed E-state index contributed by atoms with van der Waals surface area (Å²) in [7, 11) is 0. The Morgan fingerprint density at radius 1 is 1.26 bits per heavy atom. The average molecular weight is 277 g/mol. The summed E-state index contributed by atoms with van der Waals surface area (Å²) in [5.74, 6) is 0.869. The monoisotopic (exact) mass is 277 g/mol. The Morgan fingerprint density at radius 3 is 3.00 bits per heavy atom. The van der Waals surface area contributed by atoms with E-state index < -0.39 is 0 Å². The smallest absolute Gasteiger partial charge is 0.147 e. The summed E-state index contributed by atoms with van der Waals surface area (Å²) in [6, 6.07) is 0.114. The number of hydrogen-bond donors (Lipinski definition) is 2. The number of aliphatic hydroxyl groups is 1. The van der Waals surface area contributed by atoms with Gasteiger partial charge in [0.1, 0.15) is 12.1 Å². The van der Waals surface area contributed by atoms with Crippen LogP contribution < -0.4 is 5.32 Å². The van der Waals surface area contributed by atoms with Crippen molar-refractivity contribution in [2.24, 2.45) is 0 Å². The molecule has 0 radical (unpaired) electrons. The van der Waals surface area contributed by atoms with Crippen molar-refractivity contribution in [1.82, 2.24) is 9.97 Å². The number of rotatable bonds is 2. The molecule has 2 N–H and O–H groups in total. The summed E-state index contributed by atoms with van der Waals surface area (Å²) in [5.41, 5.74) is 2.21. The van der Waals surface area contributed by atoms with Gasteiger partial charge in [0.05, 0.1) is 22.4 Å². The van der Waals surface area contributed by atoms with Gasteiger partial charge in [-0.25, -0.2) is 9.97 Å². The van der Waals surface area contributed by atoms with Gasteiger partial charge in [0.2, 0.25) is 0 Å². The van der Waals surface area contributed by atoms with Gasteiger partial charge in [-0.3, -0.25) is 0 Å². The van der Waals surface area contributed by atoms with Crippen LogP contribution in [0.4, 0.5) is 5.82 Å². The average Bonchev–Trinajstić information content (AvgIpc) is 2.67. The maximum atomic E-state index is 10.2. The van der Waals surface area contributed by atoms with Crippen molar-refractivity contribution >= 4 is 27.4 Å². The SMILES string of the molecule is Cc1csc2c(NC3CCCCCC3O)ncnc12. The Balaban J connectivity index is 1.88. The van der Waals surface area contributed by atoms with Gasteiger partial charge in [-0.1, -0.05) is 19.3 Å². The molecular formula is C14H19N3OS. The Bertz CT molecular complexity index is 569. The predicted molar refractivity (Wildman–Crippen MR) is 78.7 cm³/mol. The lowest BCUT2D eigenvalue weighted by Gasteiger charge is -2.22. The lowest BCUT2D eigenvalue weighted by molar-refractivity contribution is 0.144. The number of nitrogens with zero attached hydrogens (tertiary/aromatic N) is 2. The van der Waals surface area contributed by atoms with Gasteiger partial charge >= 0.3 is 0 Å². The lowest BCUT2D eigenvalue weighted by Crippen LogP contribution is -2.32. The minimum Gasteiger partial charge on any atom is -0.391 e. The number of aromatic nitrogens is 2. The molecule has 1 aliphatic rings. The van der Waals surface area contributed by atoms with Crippen LogP contribution >= 0.6 is 11.3 Å². The second-order valence-corrected chi connectivity index (χ2v) is 6.15. The molecule has 0 amide bonds. The zero-order chi connectivity index (χ0) is 13.2. The van der Waals surface area contributed by atoms with Crippen molar-refractivity contribution in [3.8, 4) is 0 Å². The minimum atomic E-state index is -0.270. The highest BCUT2D eigenvalue weighted by atomic mass is 32.1. The van der Waals surface area contributed by atoms with Gasteiger partial charge in [-0.05, 0) is 30.7 Å². The molecule has 2 atom stereocenters. The topological polar surface area (TPSA) is 58.0 Å². The van der Waals surface area contributed by atoms with Crippen LogP contribution in [0.3, 0.4) is 0 Å². The maximum absolute atomic E-state index is 10.2. The minimum absolute atomic E-state index is 0.114. The zero-order valence-electron chi connectivity index (χ0n) is 11.1. The third kappa shape index (κ3) is 2.58. The van der Waals surface area contributed by atoms with E-state index >= 15 is 0 Å². The summed E-state index contributed by atoms with van der Waals surface area (Å²) in [6.07, 6.45) is 6.74. The first-order valence-electron chi connectivity index (χ1n) is 6.89. The van der Waals surface area contributed by atoms with Crippen LogP contribution in [0, 0.1) is 6.92 Å². The number of fused-ring (bicyclic) bond motifs is 1. The van der Waals surface area contributed by atoms with Crippen molar-refractivity contribution in [2.75, 3.05) is 5.32 Å². The van der Waals surface area contributed by atoms with E-state index in [2.05, 4.69) is 27.6 Å². The molecule has 0 aliphatic heterocycles. The van der Waals surface area contributed by atoms with E-state index in [-0.39, 0.29) is 12.1 Å². The second-order valence-electron chi connectivity index (χ2n) is 5.27. The van der Waals surface area contributed by atoms with Crippen molar-refractivity contribution in [1.29, 1.82) is 0 Å². The fraction of sp³-hybridized carbons (Fsp3) is 0.571. The molecule has 0 aromatic carbocycles. The summed E-state index contributed by atoms with van der Waals surface area (Å²) in [5, 5.41) is 15.7. The molecule has 102 valence electrons. The molecular weight excluding hydrogens is 258 g/mol. The molecule has 2 unspecified atom stereocenters. The van der Waals surface area contributed by atoms with E-state index in [0.717, 1.165) is 35.3 Å². The Labute approximate surface area is 116 Å². The number of nitrogens with one attached hydrogen (secondary N) is 1. The molecule has 0 spiro atoms. The first kappa shape index (κ1) is 12.8. The van der Waals surface area contributed by atoms with Crippen molar-refractivity contribution in [3.05, 3.63) is 17.3 Å². The number of aliphatic hydroxyl groups excluding tert-OH is 1. The third-order valence-electron chi connectivity index (χ3n) is 3.83. The Kier molecular flexibility index (Phi) is 3.66. The van der Waals surface area contributed by atoms with Gasteiger partial charge < -0.3 is 10.4 Å². The fourth-order valence-electron chi connectivity index (χ4n) is 2.70. The highest BCUT2D eigenvalue weighted by Crippen LogP contribution is 2.30. The molecule has 0 saturated heterocycles. The molecule has 19 heavy (non-hydrogen) atoms. The number of aryl methyl sites for hydroxylation is 1. The molecule has 1 aliphatic carbocycles. The maximum Gasteiger partial charge on any atom is 0.147 e. The largest absolute Gasteiger partial charge is 0.391 e. The van der Waals surface area contributed by atoms with Crippen LogP contribution in [0.25, 0.3) is 10.2 Å². The number of hydrogen-bond acceptors (Lipinski definition) is 5. The summed E-state index contributed by atoms with van der Waals surface area (Å²) >= 11 is 1.67. The second kappa shape index (κ2) is 5.43. The van der Waals surface area contributed by atoms with E-state index in [1.165, 1.54) is 18.4 Å². The molecule has 2 aromatic heterocycles. The van der Waals surface area contributed by atoms with Gasteiger partial charge in [-0.15, -0.1) is 11.3 Å². The van der Waals surface area contributed by atoms with Crippen LogP contribution in [0.5, 0.6) is 0 Å². The van der Waals surface area contributed by atoms with E-state index in [4.69, 9.17) is 0 Å². The van der Waals surface area contributed by atoms with Crippen LogP contribution in [0.15, 0.2) is 11.7 Å². The molecule has 2 aromatic rings. The fourth-order valence-corrected chi connectivity index (χ4v) is 3.66. The summed E-state index contributed by atoms with van der Waals surface area (Å²) in [6.45, 7) is 2.07. The first-order chi connectivity index (χ1) is 9.25. The van der Waals surface area contributed by atoms with Gasteiger partial charge in [0.15, 0.2) is 0 Å². The van der Waals surface area contributed by atoms with Crippen LogP contribution in [-0.4, -0.2) is 27.2 Å². The highest BCUT2D eigenvalue weighted by molar-refractivity contribution is 7.18. The first-order valence-corrected chi connectivity index (χ1v) is 7.77. The zero-order valence-corrected chi connectivity index (χ0v) is 11.9. The molecule has 5 heteroatoms. The quantitative estimate of drug-likeness (QED) is 0.828. The van der Waals surface area contributed by atoms with Crippen LogP contribution in [-0.2, 0) is 0 Å². The van der Waals surface area contributed by atoms with E-state index in [9.17, 15) is 5.11 Å². The number of thiophene rings is 1. The van der Waals surface area contributed by atoms with Crippen LogP contribution in [0.1, 0.15) is 37.7 Å². The Morgan fingerprint density at radius 2 is 2.11 bits per heavy atom. The summed E-state index contributed by atoms with van der Waals surface area (Å²) in [4.78, 5) is 8.69. The van der Waals surface area contributed by atoms with Gasteiger partial charge in [0, 0.05) is 0 Å². The summed E-state index contributed by atoms with van der Waals surface area (Å²) < 4.78 is 1.09. The predicted octanol–water partition coefficient (Wildman–Crippen LogP) is 3.11. The molecule has 1 fully saturated rings. The van der Waals surface area contributed by atoms with Crippen molar-refractivity contribution in [3.63, 3.8) is 0 Å². The molecule has 4 nitrogen and oxygen atoms in total. The van der Waals surface area contributed by atoms with Gasteiger partial charge in [-0.2, -0.15) is 0 Å².